The van der Waals surface area contributed by atoms with Crippen LogP contribution in [0, 0.1) is 12.7 Å². The van der Waals surface area contributed by atoms with Crippen molar-refractivity contribution >= 4 is 5.69 Å². The number of nitrogens with two attached hydrogens (primary N) is 1. The van der Waals surface area contributed by atoms with Crippen LogP contribution >= 0.6 is 0 Å². The predicted molar refractivity (Wildman–Crippen MR) is 75.2 cm³/mol. The molecule has 0 saturated heterocycles. The fraction of sp³-hybridized carbons (Fsp3) is 0.200. The van der Waals surface area contributed by atoms with Gasteiger partial charge in [-0.15, -0.1) is 0 Å². The summed E-state index contributed by atoms with van der Waals surface area (Å²) in [4.78, 5) is 0. The molecule has 2 aromatic rings. The van der Waals surface area contributed by atoms with E-state index in [-0.39, 0.29) is 11.5 Å². The van der Waals surface area contributed by atoms with Crippen molar-refractivity contribution in [1.29, 1.82) is 0 Å². The Morgan fingerprint density at radius 3 is 2.00 bits per heavy atom. The number of anilines is 1. The summed E-state index contributed by atoms with van der Waals surface area (Å²) in [6.07, 6.45) is 0. The van der Waals surface area contributed by atoms with Crippen LogP contribution in [-0.2, 0) is 0 Å². The number of methoxy groups -OCH3 is 2. The molecule has 5 heteroatoms. The lowest BCUT2D eigenvalue weighted by atomic mass is 10.2. The highest BCUT2D eigenvalue weighted by molar-refractivity contribution is 5.56. The molecule has 4 nitrogen and oxygen atoms in total. The van der Waals surface area contributed by atoms with Crippen LogP contribution in [0.15, 0.2) is 30.3 Å². The van der Waals surface area contributed by atoms with E-state index in [0.717, 1.165) is 0 Å². The van der Waals surface area contributed by atoms with Gasteiger partial charge < -0.3 is 19.9 Å². The molecule has 0 fully saturated rings. The van der Waals surface area contributed by atoms with E-state index >= 15 is 0 Å². The number of ether oxygens (including phenoxy) is 3. The monoisotopic (exact) mass is 277 g/mol. The van der Waals surface area contributed by atoms with Crippen molar-refractivity contribution < 1.29 is 18.6 Å². The van der Waals surface area contributed by atoms with Crippen LogP contribution in [0.5, 0.6) is 23.0 Å². The Morgan fingerprint density at radius 1 is 0.900 bits per heavy atom. The van der Waals surface area contributed by atoms with E-state index in [0.29, 0.717) is 28.6 Å². The first-order chi connectivity index (χ1) is 9.53. The van der Waals surface area contributed by atoms with Gasteiger partial charge in [0, 0.05) is 24.3 Å². The van der Waals surface area contributed by atoms with Crippen molar-refractivity contribution in [3.8, 4) is 23.0 Å². The Labute approximate surface area is 116 Å². The highest BCUT2D eigenvalue weighted by Crippen LogP contribution is 2.34. The molecule has 0 aromatic heterocycles. The van der Waals surface area contributed by atoms with E-state index in [4.69, 9.17) is 19.9 Å². The van der Waals surface area contributed by atoms with Crippen LogP contribution in [0.3, 0.4) is 0 Å². The van der Waals surface area contributed by atoms with Gasteiger partial charge in [-0.2, -0.15) is 0 Å². The summed E-state index contributed by atoms with van der Waals surface area (Å²) in [6.45, 7) is 1.65. The van der Waals surface area contributed by atoms with Gasteiger partial charge in [0.1, 0.15) is 23.1 Å². The van der Waals surface area contributed by atoms with Crippen LogP contribution in [-0.4, -0.2) is 14.2 Å². The van der Waals surface area contributed by atoms with Gasteiger partial charge in [0.25, 0.3) is 0 Å². The van der Waals surface area contributed by atoms with Crippen molar-refractivity contribution in [1.82, 2.24) is 0 Å². The molecule has 2 rings (SSSR count). The average molecular weight is 277 g/mol. The van der Waals surface area contributed by atoms with Crippen LogP contribution in [0.1, 0.15) is 5.56 Å². The van der Waals surface area contributed by atoms with Crippen LogP contribution in [0.25, 0.3) is 0 Å². The fourth-order valence-electron chi connectivity index (χ4n) is 1.73. The Morgan fingerprint density at radius 2 is 1.45 bits per heavy atom. The van der Waals surface area contributed by atoms with Crippen molar-refractivity contribution in [2.45, 2.75) is 6.92 Å². The van der Waals surface area contributed by atoms with Gasteiger partial charge in [0.2, 0.25) is 0 Å². The van der Waals surface area contributed by atoms with E-state index in [9.17, 15) is 4.39 Å². The van der Waals surface area contributed by atoms with Crippen LogP contribution in [0.4, 0.5) is 10.1 Å². The second kappa shape index (κ2) is 5.69. The third kappa shape index (κ3) is 2.93. The average Bonchev–Trinajstić information content (AvgIpc) is 2.44. The lowest BCUT2D eigenvalue weighted by Gasteiger charge is -2.12. The lowest BCUT2D eigenvalue weighted by Crippen LogP contribution is -1.96. The maximum atomic E-state index is 13.4. The second-order valence-corrected chi connectivity index (χ2v) is 4.29. The third-order valence-corrected chi connectivity index (χ3v) is 2.84. The molecule has 0 aliphatic carbocycles. The van der Waals surface area contributed by atoms with Crippen molar-refractivity contribution in [3.05, 3.63) is 41.7 Å². The van der Waals surface area contributed by atoms with Gasteiger partial charge in [-0.05, 0) is 18.6 Å². The summed E-state index contributed by atoms with van der Waals surface area (Å²) in [7, 11) is 3.10. The minimum Gasteiger partial charge on any atom is -0.496 e. The van der Waals surface area contributed by atoms with E-state index < -0.39 is 0 Å². The molecule has 20 heavy (non-hydrogen) atoms. The fourth-order valence-corrected chi connectivity index (χ4v) is 1.73. The summed E-state index contributed by atoms with van der Waals surface area (Å²) in [5, 5.41) is 0. The summed E-state index contributed by atoms with van der Waals surface area (Å²) < 4.78 is 29.4. The van der Waals surface area contributed by atoms with Gasteiger partial charge in [-0.3, -0.25) is 0 Å². The zero-order valence-electron chi connectivity index (χ0n) is 11.6. The number of aryl methyl sites for hydroxylation is 1. The largest absolute Gasteiger partial charge is 0.496 e. The van der Waals surface area contributed by atoms with E-state index in [1.165, 1.54) is 6.07 Å². The standard InChI is InChI=1S/C15H16FNO3/c1-9-4-15(14(17)8-13(9)16)20-12-6-10(18-2)5-11(7-12)19-3/h4-8H,17H2,1-3H3. The van der Waals surface area contributed by atoms with Crippen LogP contribution < -0.4 is 19.9 Å². The Balaban J connectivity index is 2.36. The molecule has 0 aliphatic heterocycles. The smallest absolute Gasteiger partial charge is 0.150 e. The van der Waals surface area contributed by atoms with E-state index in [1.54, 1.807) is 45.4 Å². The molecule has 2 N–H and O–H groups in total. The number of nitrogen functional groups attached to an aromatic ring is 1. The molecule has 0 aliphatic rings. The molecule has 0 radical (unpaired) electrons. The van der Waals surface area contributed by atoms with E-state index in [1.807, 2.05) is 0 Å². The number of halogens is 1. The third-order valence-electron chi connectivity index (χ3n) is 2.84. The summed E-state index contributed by atoms with van der Waals surface area (Å²) in [5.74, 6) is 1.71. The first-order valence-electron chi connectivity index (χ1n) is 6.00. The highest BCUT2D eigenvalue weighted by Gasteiger charge is 2.09. The summed E-state index contributed by atoms with van der Waals surface area (Å²) >= 11 is 0. The van der Waals surface area contributed by atoms with Crippen molar-refractivity contribution in [3.63, 3.8) is 0 Å². The highest BCUT2D eigenvalue weighted by atomic mass is 19.1. The van der Waals surface area contributed by atoms with Gasteiger partial charge in [0.15, 0.2) is 5.75 Å². The summed E-state index contributed by atoms with van der Waals surface area (Å²) in [6, 6.07) is 7.91. The minimum absolute atomic E-state index is 0.231. The maximum absolute atomic E-state index is 13.4. The van der Waals surface area contributed by atoms with Crippen molar-refractivity contribution in [2.24, 2.45) is 0 Å². The normalized spacial score (nSPS) is 10.2. The Hall–Kier alpha value is -2.43. The molecule has 106 valence electrons. The molecule has 0 atom stereocenters. The molecule has 0 unspecified atom stereocenters. The minimum atomic E-state index is -0.363. The molecule has 0 amide bonds. The molecule has 0 bridgehead atoms. The Kier molecular flexibility index (Phi) is 3.98. The number of rotatable bonds is 4. The maximum Gasteiger partial charge on any atom is 0.150 e. The number of benzene rings is 2. The molecular formula is C15H16FNO3. The number of hydrogen-bond acceptors (Lipinski definition) is 4. The SMILES string of the molecule is COc1cc(OC)cc(Oc2cc(C)c(F)cc2N)c1. The molecular weight excluding hydrogens is 261 g/mol. The number of hydrogen-bond donors (Lipinski definition) is 1. The van der Waals surface area contributed by atoms with Gasteiger partial charge in [-0.1, -0.05) is 0 Å². The molecule has 0 heterocycles. The zero-order valence-corrected chi connectivity index (χ0v) is 11.6. The van der Waals surface area contributed by atoms with Gasteiger partial charge in [0.05, 0.1) is 19.9 Å². The Bertz CT molecular complexity index is 607. The summed E-state index contributed by atoms with van der Waals surface area (Å²) in [5.41, 5.74) is 6.45. The second-order valence-electron chi connectivity index (χ2n) is 4.29. The van der Waals surface area contributed by atoms with Crippen molar-refractivity contribution in [2.75, 3.05) is 20.0 Å². The molecule has 0 saturated carbocycles. The van der Waals surface area contributed by atoms with Crippen LogP contribution in [0.2, 0.25) is 0 Å². The quantitative estimate of drug-likeness (QED) is 0.869. The topological polar surface area (TPSA) is 53.7 Å². The van der Waals surface area contributed by atoms with Gasteiger partial charge in [-0.25, -0.2) is 4.39 Å². The van der Waals surface area contributed by atoms with E-state index in [2.05, 4.69) is 0 Å². The first-order valence-corrected chi connectivity index (χ1v) is 6.00. The predicted octanol–water partition coefficient (Wildman–Crippen LogP) is 3.53. The van der Waals surface area contributed by atoms with Gasteiger partial charge >= 0.3 is 0 Å². The zero-order chi connectivity index (χ0) is 14.7. The first kappa shape index (κ1) is 14.0. The molecule has 0 spiro atoms. The lowest BCUT2D eigenvalue weighted by molar-refractivity contribution is 0.386. The molecule has 2 aromatic carbocycles.